The third-order valence-electron chi connectivity index (χ3n) is 5.74. The summed E-state index contributed by atoms with van der Waals surface area (Å²) in [7, 11) is 4.44. The van der Waals surface area contributed by atoms with Gasteiger partial charge in [0.2, 0.25) is 5.75 Å². The van der Waals surface area contributed by atoms with Crippen LogP contribution in [0.3, 0.4) is 0 Å². The van der Waals surface area contributed by atoms with Gasteiger partial charge in [-0.15, -0.1) is 0 Å². The second-order valence-corrected chi connectivity index (χ2v) is 7.91. The molecule has 3 aromatic rings. The Labute approximate surface area is 197 Å². The molecule has 8 nitrogen and oxygen atoms in total. The van der Waals surface area contributed by atoms with E-state index >= 15 is 0 Å². The van der Waals surface area contributed by atoms with Gasteiger partial charge in [0.25, 0.3) is 5.91 Å². The summed E-state index contributed by atoms with van der Waals surface area (Å²) in [5, 5.41) is 2.90. The number of benzene rings is 3. The van der Waals surface area contributed by atoms with Gasteiger partial charge < -0.3 is 30.0 Å². The van der Waals surface area contributed by atoms with Gasteiger partial charge in [-0.05, 0) is 42.3 Å². The third-order valence-corrected chi connectivity index (χ3v) is 5.74. The molecule has 1 amide bonds. The number of aryl methyl sites for hydroxylation is 1. The van der Waals surface area contributed by atoms with E-state index in [1.54, 1.807) is 42.5 Å². The highest BCUT2D eigenvalue weighted by Gasteiger charge is 2.34. The van der Waals surface area contributed by atoms with Gasteiger partial charge in [-0.3, -0.25) is 9.59 Å². The van der Waals surface area contributed by atoms with Crippen LogP contribution in [-0.2, 0) is 0 Å². The van der Waals surface area contributed by atoms with Gasteiger partial charge in [0.1, 0.15) is 17.4 Å². The lowest BCUT2D eigenvalue weighted by atomic mass is 9.94. The Bertz CT molecular complexity index is 1270. The van der Waals surface area contributed by atoms with E-state index < -0.39 is 6.10 Å². The van der Waals surface area contributed by atoms with Crippen molar-refractivity contribution in [2.24, 2.45) is 0 Å². The van der Waals surface area contributed by atoms with E-state index in [1.807, 2.05) is 13.0 Å². The molecule has 3 aromatic carbocycles. The average Bonchev–Trinajstić information content (AvgIpc) is 2.84. The fraction of sp³-hybridized carbons (Fsp3) is 0.231. The maximum atomic E-state index is 13.1. The number of nitrogen functional groups attached to an aromatic ring is 1. The maximum Gasteiger partial charge on any atom is 0.256 e. The van der Waals surface area contributed by atoms with Gasteiger partial charge in [-0.25, -0.2) is 0 Å². The molecule has 1 unspecified atom stereocenters. The van der Waals surface area contributed by atoms with Gasteiger partial charge >= 0.3 is 0 Å². The summed E-state index contributed by atoms with van der Waals surface area (Å²) in [5.41, 5.74) is 9.31. The molecule has 0 bridgehead atoms. The Morgan fingerprint density at radius 3 is 2.50 bits per heavy atom. The molecule has 3 N–H and O–H groups in total. The van der Waals surface area contributed by atoms with Crippen molar-refractivity contribution in [3.8, 4) is 23.0 Å². The first-order valence-corrected chi connectivity index (χ1v) is 10.7. The first kappa shape index (κ1) is 23.0. The molecule has 8 heteroatoms. The fourth-order valence-electron chi connectivity index (χ4n) is 4.04. The number of amides is 1. The molecule has 1 atom stereocenters. The first-order chi connectivity index (χ1) is 16.4. The Hall–Kier alpha value is -4.20. The van der Waals surface area contributed by atoms with Crippen LogP contribution in [0.2, 0.25) is 0 Å². The number of rotatable bonds is 6. The second kappa shape index (κ2) is 9.35. The predicted octanol–water partition coefficient (Wildman–Crippen LogP) is 4.56. The Morgan fingerprint density at radius 2 is 1.79 bits per heavy atom. The van der Waals surface area contributed by atoms with E-state index in [2.05, 4.69) is 5.32 Å². The number of nitrogens with one attached hydrogen (secondary N) is 1. The monoisotopic (exact) mass is 462 g/mol. The predicted molar refractivity (Wildman–Crippen MR) is 128 cm³/mol. The number of ether oxygens (including phenoxy) is 4. The lowest BCUT2D eigenvalue weighted by molar-refractivity contribution is 0.0842. The Morgan fingerprint density at radius 1 is 1.03 bits per heavy atom. The molecule has 0 spiro atoms. The van der Waals surface area contributed by atoms with Crippen LogP contribution in [-0.4, -0.2) is 33.0 Å². The number of hydrogen-bond donors (Lipinski definition) is 2. The highest BCUT2D eigenvalue weighted by molar-refractivity contribution is 6.06. The molecule has 4 rings (SSSR count). The van der Waals surface area contributed by atoms with Crippen molar-refractivity contribution in [2.45, 2.75) is 19.4 Å². The maximum absolute atomic E-state index is 13.1. The number of anilines is 2. The van der Waals surface area contributed by atoms with Crippen molar-refractivity contribution in [2.75, 3.05) is 32.4 Å². The summed E-state index contributed by atoms with van der Waals surface area (Å²) >= 11 is 0. The number of hydrogen-bond acceptors (Lipinski definition) is 7. The second-order valence-electron chi connectivity index (χ2n) is 7.91. The number of nitrogens with two attached hydrogens (primary N) is 1. The van der Waals surface area contributed by atoms with Crippen LogP contribution < -0.4 is 30.0 Å². The first-order valence-electron chi connectivity index (χ1n) is 10.7. The van der Waals surface area contributed by atoms with Crippen molar-refractivity contribution >= 4 is 23.1 Å². The van der Waals surface area contributed by atoms with Crippen molar-refractivity contribution in [3.63, 3.8) is 0 Å². The highest BCUT2D eigenvalue weighted by atomic mass is 16.5. The van der Waals surface area contributed by atoms with Crippen molar-refractivity contribution in [1.82, 2.24) is 0 Å². The normalized spacial score (nSPS) is 14.6. The lowest BCUT2D eigenvalue weighted by Crippen LogP contribution is -2.22. The zero-order valence-electron chi connectivity index (χ0n) is 19.4. The molecule has 34 heavy (non-hydrogen) atoms. The molecular weight excluding hydrogens is 436 g/mol. The van der Waals surface area contributed by atoms with Crippen molar-refractivity contribution < 1.29 is 28.5 Å². The minimum atomic E-state index is -0.547. The molecule has 0 aromatic heterocycles. The number of fused-ring (bicyclic) bond motifs is 1. The van der Waals surface area contributed by atoms with Crippen molar-refractivity contribution in [3.05, 3.63) is 70.8 Å². The summed E-state index contributed by atoms with van der Waals surface area (Å²) < 4.78 is 22.4. The summed E-state index contributed by atoms with van der Waals surface area (Å²) in [6, 6.07) is 14.0. The van der Waals surface area contributed by atoms with Crippen LogP contribution in [0.1, 0.15) is 44.4 Å². The molecule has 1 aliphatic heterocycles. The molecule has 0 saturated carbocycles. The Balaban J connectivity index is 1.63. The van der Waals surface area contributed by atoms with Gasteiger partial charge in [0.15, 0.2) is 17.3 Å². The molecule has 0 fully saturated rings. The third kappa shape index (κ3) is 4.22. The quantitative estimate of drug-likeness (QED) is 0.517. The summed E-state index contributed by atoms with van der Waals surface area (Å²) in [6.45, 7) is 1.85. The van der Waals surface area contributed by atoms with Crippen LogP contribution in [0.4, 0.5) is 11.4 Å². The highest BCUT2D eigenvalue weighted by Crippen LogP contribution is 2.49. The summed E-state index contributed by atoms with van der Waals surface area (Å²) in [6.07, 6.45) is -0.446. The van der Waals surface area contributed by atoms with E-state index in [0.717, 1.165) is 11.1 Å². The minimum absolute atomic E-state index is 0.102. The molecule has 0 saturated heterocycles. The molecule has 176 valence electrons. The smallest absolute Gasteiger partial charge is 0.256 e. The molecule has 0 aliphatic carbocycles. The molecule has 1 aliphatic rings. The van der Waals surface area contributed by atoms with E-state index in [-0.39, 0.29) is 23.9 Å². The standard InChI is InChI=1S/C26H26N2O6/c1-14-8-9-16(27)11-18(14)26(30)28-17-7-5-6-15(10-17)20-12-19(29)23-21(34-20)13-22(31-2)24(32-3)25(23)33-4/h5-11,13,20H,12,27H2,1-4H3,(H,28,30). The summed E-state index contributed by atoms with van der Waals surface area (Å²) in [5.74, 6) is 0.938. The van der Waals surface area contributed by atoms with Crippen LogP contribution in [0.5, 0.6) is 23.0 Å². The number of carbonyl (C=O) groups is 2. The van der Waals surface area contributed by atoms with E-state index in [0.29, 0.717) is 39.8 Å². The number of carbonyl (C=O) groups excluding carboxylic acids is 2. The van der Waals surface area contributed by atoms with Crippen molar-refractivity contribution in [1.29, 1.82) is 0 Å². The number of methoxy groups -OCH3 is 3. The SMILES string of the molecule is COc1cc2c(c(OC)c1OC)C(=O)CC(c1cccc(NC(=O)c3cc(N)ccc3C)c1)O2. The van der Waals surface area contributed by atoms with E-state index in [1.165, 1.54) is 21.3 Å². The van der Waals surface area contributed by atoms with Gasteiger partial charge in [-0.2, -0.15) is 0 Å². The zero-order valence-corrected chi connectivity index (χ0v) is 19.4. The fourth-order valence-corrected chi connectivity index (χ4v) is 4.04. The largest absolute Gasteiger partial charge is 0.493 e. The summed E-state index contributed by atoms with van der Waals surface area (Å²) in [4.78, 5) is 25.9. The van der Waals surface area contributed by atoms with Gasteiger partial charge in [-0.1, -0.05) is 18.2 Å². The van der Waals surface area contributed by atoms with E-state index in [9.17, 15) is 9.59 Å². The number of ketones is 1. The lowest BCUT2D eigenvalue weighted by Gasteiger charge is -2.28. The Kier molecular flexibility index (Phi) is 6.32. The van der Waals surface area contributed by atoms with Crippen LogP contribution >= 0.6 is 0 Å². The average molecular weight is 463 g/mol. The van der Waals surface area contributed by atoms with Crippen LogP contribution in [0.15, 0.2) is 48.5 Å². The van der Waals surface area contributed by atoms with Gasteiger partial charge in [0, 0.05) is 23.0 Å². The topological polar surface area (TPSA) is 109 Å². The van der Waals surface area contributed by atoms with Crippen LogP contribution in [0, 0.1) is 6.92 Å². The molecule has 0 radical (unpaired) electrons. The van der Waals surface area contributed by atoms with Gasteiger partial charge in [0.05, 0.1) is 27.8 Å². The van der Waals surface area contributed by atoms with Crippen LogP contribution in [0.25, 0.3) is 0 Å². The molecular formula is C26H26N2O6. The zero-order chi connectivity index (χ0) is 24.4. The van der Waals surface area contributed by atoms with E-state index in [4.69, 9.17) is 24.7 Å². The number of Topliss-reactive ketones (excluding diaryl/α,β-unsaturated/α-hetero) is 1. The molecule has 1 heterocycles. The minimum Gasteiger partial charge on any atom is -0.493 e.